The van der Waals surface area contributed by atoms with E-state index < -0.39 is 75.3 Å². The second-order valence-corrected chi connectivity index (χ2v) is 13.2. The van der Waals surface area contributed by atoms with E-state index >= 15 is 0 Å². The Hall–Kier alpha value is -4.28. The molecular formula is C33H25Cl2FN2O7. The summed E-state index contributed by atoms with van der Waals surface area (Å²) in [6.45, 7) is -0.296. The van der Waals surface area contributed by atoms with Crippen molar-refractivity contribution in [1.29, 1.82) is 0 Å². The lowest BCUT2D eigenvalue weighted by molar-refractivity contribution is -0.142. The molecule has 3 aromatic rings. The Morgan fingerprint density at radius 1 is 0.911 bits per heavy atom. The lowest BCUT2D eigenvalue weighted by Crippen LogP contribution is -2.60. The normalized spacial score (nSPS) is 30.8. The number of phenols is 1. The minimum atomic E-state index is -2.12. The van der Waals surface area contributed by atoms with Gasteiger partial charge in [0.15, 0.2) is 9.75 Å². The van der Waals surface area contributed by atoms with Crippen molar-refractivity contribution in [3.05, 3.63) is 83.7 Å². The minimum Gasteiger partial charge on any atom is -0.507 e. The molecule has 45 heavy (non-hydrogen) atoms. The number of anilines is 1. The zero-order valence-corrected chi connectivity index (χ0v) is 25.0. The Labute approximate surface area is 265 Å². The van der Waals surface area contributed by atoms with Gasteiger partial charge in [-0.2, -0.15) is 0 Å². The van der Waals surface area contributed by atoms with Crippen LogP contribution >= 0.6 is 23.2 Å². The molecule has 2 saturated heterocycles. The van der Waals surface area contributed by atoms with Crippen molar-refractivity contribution in [2.24, 2.45) is 17.8 Å². The Balaban J connectivity index is 1.44. The number of benzene rings is 3. The number of carboxylic acid groups (broad SMARTS) is 1. The highest BCUT2D eigenvalue weighted by atomic mass is 35.5. The number of imide groups is 2. The second kappa shape index (κ2) is 10.1. The number of nitrogens with zero attached hydrogens (tertiary/aromatic N) is 2. The molecule has 230 valence electrons. The monoisotopic (exact) mass is 650 g/mol. The second-order valence-electron chi connectivity index (χ2n) is 11.9. The molecule has 3 aromatic carbocycles. The highest BCUT2D eigenvalue weighted by Crippen LogP contribution is 2.66. The molecule has 6 unspecified atom stereocenters. The fraction of sp³-hybridized carbons (Fsp3) is 0.303. The molecule has 2 aliphatic heterocycles. The zero-order chi connectivity index (χ0) is 32.0. The number of carbonyl (C=O) groups is 5. The van der Waals surface area contributed by atoms with Gasteiger partial charge >= 0.3 is 5.97 Å². The molecule has 12 heteroatoms. The number of amides is 4. The molecule has 2 heterocycles. The van der Waals surface area contributed by atoms with Crippen LogP contribution in [-0.4, -0.2) is 61.0 Å². The van der Waals surface area contributed by atoms with Gasteiger partial charge in [-0.15, -0.1) is 23.2 Å². The van der Waals surface area contributed by atoms with Gasteiger partial charge in [0, 0.05) is 17.8 Å². The summed E-state index contributed by atoms with van der Waals surface area (Å²) in [5.41, 5.74) is 1.11. The SMILES string of the molecule is O=C(O)CCN1C(=O)C2CC=C3C(CC4(Cl)C(=O)N(c5ccc(F)cc5)C(=O)C4(Cl)C3c3ccc(O)c4ccccc34)C2C1=O. The van der Waals surface area contributed by atoms with E-state index in [-0.39, 0.29) is 30.8 Å². The first-order chi connectivity index (χ1) is 21.4. The number of rotatable bonds is 5. The summed E-state index contributed by atoms with van der Waals surface area (Å²) in [4.78, 5) is 64.9. The van der Waals surface area contributed by atoms with Crippen LogP contribution in [0.3, 0.4) is 0 Å². The van der Waals surface area contributed by atoms with Crippen LogP contribution in [0.4, 0.5) is 10.1 Å². The summed E-state index contributed by atoms with van der Waals surface area (Å²) in [6, 6.07) is 14.7. The fourth-order valence-corrected chi connectivity index (χ4v) is 8.72. The number of aromatic hydroxyl groups is 1. The van der Waals surface area contributed by atoms with E-state index in [1.807, 2.05) is 0 Å². The average Bonchev–Trinajstić information content (AvgIpc) is 3.35. The molecule has 0 radical (unpaired) electrons. The number of allylic oxidation sites excluding steroid dienone is 2. The summed E-state index contributed by atoms with van der Waals surface area (Å²) in [5.74, 6) is -8.15. The Bertz CT molecular complexity index is 1880. The van der Waals surface area contributed by atoms with Gasteiger partial charge in [0.2, 0.25) is 11.8 Å². The minimum absolute atomic E-state index is 0.0208. The highest BCUT2D eigenvalue weighted by molar-refractivity contribution is 6.58. The van der Waals surface area contributed by atoms with Crippen molar-refractivity contribution in [2.75, 3.05) is 11.4 Å². The summed E-state index contributed by atoms with van der Waals surface area (Å²) in [7, 11) is 0. The quantitative estimate of drug-likeness (QED) is 0.232. The molecule has 9 nitrogen and oxygen atoms in total. The maximum Gasteiger partial charge on any atom is 0.305 e. The molecule has 1 saturated carbocycles. The smallest absolute Gasteiger partial charge is 0.305 e. The molecule has 4 amide bonds. The maximum absolute atomic E-state index is 14.5. The number of alkyl halides is 2. The first-order valence-electron chi connectivity index (χ1n) is 14.4. The predicted molar refractivity (Wildman–Crippen MR) is 161 cm³/mol. The largest absolute Gasteiger partial charge is 0.507 e. The number of likely N-dealkylation sites (tertiary alicyclic amines) is 1. The van der Waals surface area contributed by atoms with E-state index in [9.17, 15) is 38.6 Å². The van der Waals surface area contributed by atoms with Crippen LogP contribution in [0.15, 0.2) is 72.3 Å². The van der Waals surface area contributed by atoms with Gasteiger partial charge in [-0.1, -0.05) is 42.0 Å². The Kier molecular flexibility index (Phi) is 6.62. The number of carbonyl (C=O) groups excluding carboxylic acids is 4. The number of hydrogen-bond acceptors (Lipinski definition) is 6. The van der Waals surface area contributed by atoms with Gasteiger partial charge in [0.05, 0.1) is 23.9 Å². The Morgan fingerprint density at radius 3 is 2.29 bits per heavy atom. The van der Waals surface area contributed by atoms with Crippen molar-refractivity contribution in [1.82, 2.24) is 4.90 Å². The van der Waals surface area contributed by atoms with E-state index in [2.05, 4.69) is 0 Å². The van der Waals surface area contributed by atoms with E-state index in [1.54, 1.807) is 36.4 Å². The zero-order valence-electron chi connectivity index (χ0n) is 23.5. The van der Waals surface area contributed by atoms with Crippen LogP contribution in [0.1, 0.15) is 30.7 Å². The molecule has 2 aliphatic carbocycles. The molecule has 6 atom stereocenters. The predicted octanol–water partition coefficient (Wildman–Crippen LogP) is 4.72. The van der Waals surface area contributed by atoms with Gasteiger partial charge in [0.25, 0.3) is 11.8 Å². The molecule has 2 N–H and O–H groups in total. The molecular weight excluding hydrogens is 626 g/mol. The van der Waals surface area contributed by atoms with Crippen LogP contribution in [-0.2, 0) is 24.0 Å². The number of carboxylic acids is 1. The molecule has 0 spiro atoms. The highest BCUT2D eigenvalue weighted by Gasteiger charge is 2.76. The first kappa shape index (κ1) is 29.4. The third-order valence-corrected chi connectivity index (χ3v) is 11.2. The van der Waals surface area contributed by atoms with E-state index in [4.69, 9.17) is 23.2 Å². The summed E-state index contributed by atoms with van der Waals surface area (Å²) in [5, 5.41) is 20.9. The molecule has 3 fully saturated rings. The van der Waals surface area contributed by atoms with Crippen molar-refractivity contribution in [2.45, 2.75) is 34.9 Å². The third kappa shape index (κ3) is 3.94. The van der Waals surface area contributed by atoms with Crippen LogP contribution in [0.2, 0.25) is 0 Å². The Morgan fingerprint density at radius 2 is 1.60 bits per heavy atom. The van der Waals surface area contributed by atoms with Crippen molar-refractivity contribution < 1.29 is 38.6 Å². The van der Waals surface area contributed by atoms with Crippen molar-refractivity contribution in [3.63, 3.8) is 0 Å². The van der Waals surface area contributed by atoms with Crippen LogP contribution in [0.5, 0.6) is 5.75 Å². The lowest BCUT2D eigenvalue weighted by atomic mass is 9.56. The van der Waals surface area contributed by atoms with Crippen molar-refractivity contribution >= 4 is 69.3 Å². The fourth-order valence-electron chi connectivity index (χ4n) is 7.80. The third-order valence-electron chi connectivity index (χ3n) is 9.78. The molecule has 4 aliphatic rings. The number of fused-ring (bicyclic) bond motifs is 5. The summed E-state index contributed by atoms with van der Waals surface area (Å²) in [6.07, 6.45) is 1.23. The van der Waals surface area contributed by atoms with Gasteiger partial charge in [-0.05, 0) is 60.0 Å². The molecule has 7 rings (SSSR count). The van der Waals surface area contributed by atoms with Crippen LogP contribution in [0.25, 0.3) is 10.8 Å². The molecule has 0 bridgehead atoms. The van der Waals surface area contributed by atoms with E-state index in [1.165, 1.54) is 18.2 Å². The summed E-state index contributed by atoms with van der Waals surface area (Å²) >= 11 is 14.8. The van der Waals surface area contributed by atoms with Crippen LogP contribution in [0, 0.1) is 23.6 Å². The standard InChI is InChI=1S/C33H25Cl2FN2O7/c34-32-15-23-21(9-10-22-26(23)29(43)37(28(22)42)14-13-25(40)41)27(20-11-12-24(39)19-4-2-1-3-18(19)20)33(32,35)31(45)38(30(32)44)17-7-5-16(36)6-8-17/h1-9,11-12,22-23,26-27,39H,10,13-15H2,(H,40,41). The number of aliphatic carboxylic acids is 1. The molecule has 0 aromatic heterocycles. The number of halogens is 3. The number of phenolic OH excluding ortho intramolecular Hbond substituents is 1. The summed E-state index contributed by atoms with van der Waals surface area (Å²) < 4.78 is 13.8. The van der Waals surface area contributed by atoms with Crippen molar-refractivity contribution in [3.8, 4) is 5.75 Å². The van der Waals surface area contributed by atoms with E-state index in [0.717, 1.165) is 21.9 Å². The van der Waals surface area contributed by atoms with Crippen LogP contribution < -0.4 is 4.90 Å². The lowest BCUT2D eigenvalue weighted by Gasteiger charge is -2.51. The topological polar surface area (TPSA) is 132 Å². The van der Waals surface area contributed by atoms with Gasteiger partial charge in [0.1, 0.15) is 11.6 Å². The van der Waals surface area contributed by atoms with E-state index in [0.29, 0.717) is 21.9 Å². The van der Waals surface area contributed by atoms with Gasteiger partial charge in [-0.25, -0.2) is 9.29 Å². The van der Waals surface area contributed by atoms with Gasteiger partial charge < -0.3 is 10.2 Å². The maximum atomic E-state index is 14.5. The number of hydrogen-bond donors (Lipinski definition) is 2. The van der Waals surface area contributed by atoms with Gasteiger partial charge in [-0.3, -0.25) is 28.9 Å². The average molecular weight is 651 g/mol. The first-order valence-corrected chi connectivity index (χ1v) is 15.2.